The maximum Gasteiger partial charge on any atom is 0.254 e. The summed E-state index contributed by atoms with van der Waals surface area (Å²) in [4.78, 5) is 14.5. The van der Waals surface area contributed by atoms with E-state index >= 15 is 0 Å². The van der Waals surface area contributed by atoms with Gasteiger partial charge in [-0.1, -0.05) is 47.6 Å². The molecule has 9 heteroatoms. The summed E-state index contributed by atoms with van der Waals surface area (Å²) in [6.07, 6.45) is 0. The van der Waals surface area contributed by atoms with E-state index in [0.717, 1.165) is 22.1 Å². The molecule has 1 atom stereocenters. The summed E-state index contributed by atoms with van der Waals surface area (Å²) in [5.41, 5.74) is 2.64. The standard InChI is InChI=1S/C24H27ClN4O3S/c1-17(15-31-2)29-22(20-5-3-4-6-21(20)25)26-27-24(29)33-16-18-7-9-19(10-8-18)23(30)28-11-13-32-14-12-28/h3-10,17H,11-16H2,1-2H3/t17-/m1/s1. The number of aromatic nitrogens is 3. The van der Waals surface area contributed by atoms with E-state index in [1.807, 2.05) is 53.4 Å². The molecule has 4 rings (SSSR count). The molecule has 1 aromatic heterocycles. The molecule has 0 spiro atoms. The topological polar surface area (TPSA) is 69.5 Å². The lowest BCUT2D eigenvalue weighted by Crippen LogP contribution is -2.40. The minimum absolute atomic E-state index is 0.0345. The Bertz CT molecular complexity index is 1080. The van der Waals surface area contributed by atoms with E-state index in [2.05, 4.69) is 21.7 Å². The predicted molar refractivity (Wildman–Crippen MR) is 130 cm³/mol. The van der Waals surface area contributed by atoms with Crippen LogP contribution in [0.1, 0.15) is 28.9 Å². The molecule has 1 fully saturated rings. The van der Waals surface area contributed by atoms with Crippen molar-refractivity contribution in [3.05, 3.63) is 64.7 Å². The summed E-state index contributed by atoms with van der Waals surface area (Å²) >= 11 is 8.03. The van der Waals surface area contributed by atoms with Crippen molar-refractivity contribution in [2.75, 3.05) is 40.0 Å². The Kier molecular flexibility index (Phi) is 8.03. The fourth-order valence-corrected chi connectivity index (χ4v) is 4.97. The fraction of sp³-hybridized carbons (Fsp3) is 0.375. The highest BCUT2D eigenvalue weighted by atomic mass is 35.5. The number of carbonyl (C=O) groups is 1. The second-order valence-corrected chi connectivity index (χ2v) is 9.20. The zero-order valence-corrected chi connectivity index (χ0v) is 20.3. The minimum Gasteiger partial charge on any atom is -0.383 e. The number of benzene rings is 2. The molecule has 1 amide bonds. The molecule has 3 aromatic rings. The van der Waals surface area contributed by atoms with Crippen LogP contribution in [-0.2, 0) is 15.2 Å². The Morgan fingerprint density at radius 2 is 1.88 bits per heavy atom. The van der Waals surface area contributed by atoms with Crippen LogP contribution in [0.15, 0.2) is 53.7 Å². The van der Waals surface area contributed by atoms with Crippen molar-refractivity contribution in [3.8, 4) is 11.4 Å². The number of nitrogens with zero attached hydrogens (tertiary/aromatic N) is 4. The maximum atomic E-state index is 12.7. The van der Waals surface area contributed by atoms with E-state index in [4.69, 9.17) is 21.1 Å². The molecule has 174 valence electrons. The summed E-state index contributed by atoms with van der Waals surface area (Å²) in [7, 11) is 1.68. The molecule has 0 aliphatic carbocycles. The highest BCUT2D eigenvalue weighted by molar-refractivity contribution is 7.98. The number of rotatable bonds is 8. The molecule has 33 heavy (non-hydrogen) atoms. The molecule has 2 aromatic carbocycles. The first-order valence-electron chi connectivity index (χ1n) is 10.9. The van der Waals surface area contributed by atoms with Crippen LogP contribution in [0.25, 0.3) is 11.4 Å². The quantitative estimate of drug-likeness (QED) is 0.434. The summed E-state index contributed by atoms with van der Waals surface area (Å²) in [5.74, 6) is 1.47. The molecule has 7 nitrogen and oxygen atoms in total. The molecule has 2 heterocycles. The van der Waals surface area contributed by atoms with Gasteiger partial charge in [0, 0.05) is 37.1 Å². The highest BCUT2D eigenvalue weighted by Gasteiger charge is 2.21. The first kappa shape index (κ1) is 23.8. The largest absolute Gasteiger partial charge is 0.383 e. The molecule has 1 aliphatic rings. The maximum absolute atomic E-state index is 12.7. The van der Waals surface area contributed by atoms with Gasteiger partial charge in [0.1, 0.15) is 0 Å². The number of amides is 1. The van der Waals surface area contributed by atoms with Gasteiger partial charge < -0.3 is 14.4 Å². The van der Waals surface area contributed by atoms with Crippen molar-refractivity contribution in [3.63, 3.8) is 0 Å². The van der Waals surface area contributed by atoms with E-state index in [-0.39, 0.29) is 11.9 Å². The lowest BCUT2D eigenvalue weighted by atomic mass is 10.1. The molecule has 0 radical (unpaired) electrons. The number of methoxy groups -OCH3 is 1. The number of ether oxygens (including phenoxy) is 2. The first-order chi connectivity index (χ1) is 16.1. The van der Waals surface area contributed by atoms with E-state index in [9.17, 15) is 4.79 Å². The van der Waals surface area contributed by atoms with Crippen LogP contribution >= 0.6 is 23.4 Å². The SMILES string of the molecule is COC[C@@H](C)n1c(SCc2ccc(C(=O)N3CCOCC3)cc2)nnc1-c1ccccc1Cl. The Morgan fingerprint density at radius 3 is 2.58 bits per heavy atom. The van der Waals surface area contributed by atoms with Gasteiger partial charge in [0.15, 0.2) is 11.0 Å². The third-order valence-electron chi connectivity index (χ3n) is 5.50. The van der Waals surface area contributed by atoms with Crippen molar-refractivity contribution in [1.82, 2.24) is 19.7 Å². The molecule has 1 saturated heterocycles. The van der Waals surface area contributed by atoms with Crippen LogP contribution in [-0.4, -0.2) is 65.6 Å². The van der Waals surface area contributed by atoms with Gasteiger partial charge in [-0.2, -0.15) is 0 Å². The Balaban J connectivity index is 1.50. The highest BCUT2D eigenvalue weighted by Crippen LogP contribution is 2.33. The number of hydrogen-bond acceptors (Lipinski definition) is 6. The fourth-order valence-electron chi connectivity index (χ4n) is 3.76. The molecule has 0 bridgehead atoms. The number of halogens is 1. The lowest BCUT2D eigenvalue weighted by Gasteiger charge is -2.26. The van der Waals surface area contributed by atoms with Crippen LogP contribution in [0, 0.1) is 0 Å². The van der Waals surface area contributed by atoms with Crippen LogP contribution < -0.4 is 0 Å². The Hall–Kier alpha value is -2.39. The average molecular weight is 487 g/mol. The predicted octanol–water partition coefficient (Wildman–Crippen LogP) is 4.57. The van der Waals surface area contributed by atoms with Gasteiger partial charge >= 0.3 is 0 Å². The zero-order valence-electron chi connectivity index (χ0n) is 18.7. The number of hydrogen-bond donors (Lipinski definition) is 0. The van der Waals surface area contributed by atoms with Crippen molar-refractivity contribution in [1.29, 1.82) is 0 Å². The third-order valence-corrected chi connectivity index (χ3v) is 6.84. The normalized spacial score (nSPS) is 14.9. The van der Waals surface area contributed by atoms with Gasteiger partial charge in [-0.3, -0.25) is 9.36 Å². The van der Waals surface area contributed by atoms with Crippen LogP contribution in [0.4, 0.5) is 0 Å². The number of carbonyl (C=O) groups excluding carboxylic acids is 1. The Morgan fingerprint density at radius 1 is 1.15 bits per heavy atom. The summed E-state index contributed by atoms with van der Waals surface area (Å²) in [5, 5.41) is 10.3. The molecule has 1 aliphatic heterocycles. The summed E-state index contributed by atoms with van der Waals surface area (Å²) < 4.78 is 12.8. The molecule has 0 N–H and O–H groups in total. The summed E-state index contributed by atoms with van der Waals surface area (Å²) in [6.45, 7) is 5.07. The average Bonchev–Trinajstić information content (AvgIpc) is 3.27. The zero-order chi connectivity index (χ0) is 23.2. The van der Waals surface area contributed by atoms with Crippen molar-refractivity contribution < 1.29 is 14.3 Å². The van der Waals surface area contributed by atoms with Gasteiger partial charge in [0.2, 0.25) is 0 Å². The smallest absolute Gasteiger partial charge is 0.254 e. The van der Waals surface area contributed by atoms with Crippen molar-refractivity contribution in [2.24, 2.45) is 0 Å². The van der Waals surface area contributed by atoms with E-state index in [1.54, 1.807) is 18.9 Å². The second-order valence-electron chi connectivity index (χ2n) is 7.85. The number of thioether (sulfide) groups is 1. The van der Waals surface area contributed by atoms with E-state index in [1.165, 1.54) is 0 Å². The van der Waals surface area contributed by atoms with E-state index in [0.29, 0.717) is 49.2 Å². The Labute approximate surface area is 203 Å². The monoisotopic (exact) mass is 486 g/mol. The van der Waals surface area contributed by atoms with Gasteiger partial charge in [-0.15, -0.1) is 10.2 Å². The third kappa shape index (κ3) is 5.58. The molecule has 0 unspecified atom stereocenters. The lowest BCUT2D eigenvalue weighted by molar-refractivity contribution is 0.0303. The molecular formula is C24H27ClN4O3S. The van der Waals surface area contributed by atoms with Crippen molar-refractivity contribution in [2.45, 2.75) is 23.9 Å². The minimum atomic E-state index is 0.0345. The van der Waals surface area contributed by atoms with Crippen molar-refractivity contribution >= 4 is 29.3 Å². The van der Waals surface area contributed by atoms with Gasteiger partial charge in [0.25, 0.3) is 5.91 Å². The first-order valence-corrected chi connectivity index (χ1v) is 12.2. The molecular weight excluding hydrogens is 460 g/mol. The van der Waals surface area contributed by atoms with Gasteiger partial charge in [0.05, 0.1) is 30.9 Å². The van der Waals surface area contributed by atoms with Gasteiger partial charge in [-0.25, -0.2) is 0 Å². The van der Waals surface area contributed by atoms with Crippen LogP contribution in [0.2, 0.25) is 5.02 Å². The van der Waals surface area contributed by atoms with Gasteiger partial charge in [-0.05, 0) is 36.8 Å². The number of morpholine rings is 1. The van der Waals surface area contributed by atoms with Crippen LogP contribution in [0.3, 0.4) is 0 Å². The molecule has 0 saturated carbocycles. The van der Waals surface area contributed by atoms with Crippen LogP contribution in [0.5, 0.6) is 0 Å². The van der Waals surface area contributed by atoms with E-state index < -0.39 is 0 Å². The summed E-state index contributed by atoms with van der Waals surface area (Å²) in [6, 6.07) is 15.4. The second kappa shape index (κ2) is 11.2.